The van der Waals surface area contributed by atoms with Crippen molar-refractivity contribution in [2.24, 2.45) is 0 Å². The van der Waals surface area contributed by atoms with Gasteiger partial charge in [0.15, 0.2) is 11.3 Å². The van der Waals surface area contributed by atoms with Gasteiger partial charge in [-0.2, -0.15) is 10.2 Å². The minimum atomic E-state index is -0.542. The van der Waals surface area contributed by atoms with Crippen LogP contribution in [0.15, 0.2) is 41.5 Å². The van der Waals surface area contributed by atoms with E-state index in [1.54, 1.807) is 23.2 Å². The first kappa shape index (κ1) is 19.6. The van der Waals surface area contributed by atoms with Gasteiger partial charge in [-0.15, -0.1) is 0 Å². The molecule has 4 aromatic rings. The Morgan fingerprint density at radius 1 is 1.07 bits per heavy atom. The van der Waals surface area contributed by atoms with Gasteiger partial charge in [-0.3, -0.25) is 9.48 Å². The van der Waals surface area contributed by atoms with Crippen molar-refractivity contribution in [1.29, 1.82) is 0 Å². The predicted octanol–water partition coefficient (Wildman–Crippen LogP) is 2.58. The molecule has 0 aliphatic carbocycles. The normalized spacial score (nSPS) is 11.2. The summed E-state index contributed by atoms with van der Waals surface area (Å²) < 4.78 is 9.78. The fraction of sp³-hybridized carbons (Fsp3) is 0.286. The number of aryl methyl sites for hydroxylation is 3. The molecule has 0 amide bonds. The molecule has 3 aromatic heterocycles. The van der Waals surface area contributed by atoms with Gasteiger partial charge in [-0.1, -0.05) is 18.2 Å². The van der Waals surface area contributed by atoms with Crippen molar-refractivity contribution in [2.75, 3.05) is 6.61 Å². The molecular weight excluding hydrogens is 384 g/mol. The molecule has 4 rings (SSSR count). The number of hydrogen-bond donors (Lipinski definition) is 0. The standard InChI is InChI=1S/C21H22N6O3/c1-5-26-18-17(14(4)23-26)22-12-25(20(18)28)19-16(21(29)30-6-2)13(3)24-27(19)15-10-8-7-9-11-15/h7-12H,5-6H2,1-4H3. The summed E-state index contributed by atoms with van der Waals surface area (Å²) in [4.78, 5) is 30.8. The average molecular weight is 406 g/mol. The molecule has 0 radical (unpaired) electrons. The largest absolute Gasteiger partial charge is 0.462 e. The molecule has 0 atom stereocenters. The molecular formula is C21H22N6O3. The Morgan fingerprint density at radius 3 is 2.47 bits per heavy atom. The molecule has 30 heavy (non-hydrogen) atoms. The molecule has 9 heteroatoms. The summed E-state index contributed by atoms with van der Waals surface area (Å²) in [6.45, 7) is 7.90. The highest BCUT2D eigenvalue weighted by Gasteiger charge is 2.27. The predicted molar refractivity (Wildman–Crippen MR) is 111 cm³/mol. The van der Waals surface area contributed by atoms with Gasteiger partial charge in [0.25, 0.3) is 5.56 Å². The SMILES string of the molecule is CCOC(=O)c1c(C)nn(-c2ccccc2)c1-n1cnc2c(C)nn(CC)c2c1=O. The first-order chi connectivity index (χ1) is 14.5. The van der Waals surface area contributed by atoms with E-state index in [-0.39, 0.29) is 23.5 Å². The lowest BCUT2D eigenvalue weighted by atomic mass is 10.2. The Morgan fingerprint density at radius 2 is 1.80 bits per heavy atom. The van der Waals surface area contributed by atoms with Gasteiger partial charge in [0.1, 0.15) is 17.4 Å². The van der Waals surface area contributed by atoms with Crippen LogP contribution in [0.1, 0.15) is 35.6 Å². The number of fused-ring (bicyclic) bond motifs is 1. The Labute approximate surface area is 172 Å². The van der Waals surface area contributed by atoms with Gasteiger partial charge in [0, 0.05) is 6.54 Å². The maximum Gasteiger partial charge on any atom is 0.343 e. The number of carbonyl (C=O) groups is 1. The van der Waals surface area contributed by atoms with E-state index in [1.165, 1.54) is 10.9 Å². The second kappa shape index (κ2) is 7.58. The lowest BCUT2D eigenvalue weighted by Gasteiger charge is -2.12. The molecule has 0 unspecified atom stereocenters. The minimum Gasteiger partial charge on any atom is -0.462 e. The van der Waals surface area contributed by atoms with Gasteiger partial charge < -0.3 is 4.74 Å². The maximum atomic E-state index is 13.5. The zero-order chi connectivity index (χ0) is 21.4. The van der Waals surface area contributed by atoms with Crippen LogP contribution in [0.3, 0.4) is 0 Å². The smallest absolute Gasteiger partial charge is 0.343 e. The Kier molecular flexibility index (Phi) is 4.94. The molecule has 1 aromatic carbocycles. The number of ether oxygens (including phenoxy) is 1. The van der Waals surface area contributed by atoms with Crippen molar-refractivity contribution < 1.29 is 9.53 Å². The van der Waals surface area contributed by atoms with Crippen molar-refractivity contribution in [3.63, 3.8) is 0 Å². The number of aromatic nitrogens is 6. The molecule has 0 aliphatic heterocycles. The molecule has 0 spiro atoms. The number of nitrogens with zero attached hydrogens (tertiary/aromatic N) is 6. The quantitative estimate of drug-likeness (QED) is 0.473. The average Bonchev–Trinajstić information content (AvgIpc) is 3.26. The van der Waals surface area contributed by atoms with Crippen molar-refractivity contribution >= 4 is 17.0 Å². The summed E-state index contributed by atoms with van der Waals surface area (Å²) in [5, 5.41) is 8.94. The monoisotopic (exact) mass is 406 g/mol. The first-order valence-corrected chi connectivity index (χ1v) is 9.75. The molecule has 0 aliphatic rings. The van der Waals surface area contributed by atoms with Gasteiger partial charge in [0.05, 0.1) is 23.7 Å². The third kappa shape index (κ3) is 2.99. The fourth-order valence-electron chi connectivity index (χ4n) is 3.53. The second-order valence-corrected chi connectivity index (χ2v) is 6.77. The lowest BCUT2D eigenvalue weighted by molar-refractivity contribution is 0.0525. The van der Waals surface area contributed by atoms with Crippen molar-refractivity contribution in [3.05, 3.63) is 64.0 Å². The van der Waals surface area contributed by atoms with E-state index in [9.17, 15) is 9.59 Å². The Balaban J connectivity index is 2.08. The number of para-hydroxylation sites is 1. The van der Waals surface area contributed by atoms with Crippen molar-refractivity contribution in [1.82, 2.24) is 29.1 Å². The van der Waals surface area contributed by atoms with Crippen LogP contribution in [0.5, 0.6) is 0 Å². The number of esters is 1. The zero-order valence-corrected chi connectivity index (χ0v) is 17.3. The third-order valence-corrected chi connectivity index (χ3v) is 4.86. The van der Waals surface area contributed by atoms with Gasteiger partial charge in [-0.25, -0.2) is 19.0 Å². The van der Waals surface area contributed by atoms with Crippen molar-refractivity contribution in [2.45, 2.75) is 34.2 Å². The number of benzene rings is 1. The highest BCUT2D eigenvalue weighted by atomic mass is 16.5. The third-order valence-electron chi connectivity index (χ3n) is 4.86. The Bertz CT molecular complexity index is 1300. The van der Waals surface area contributed by atoms with Crippen LogP contribution in [0.4, 0.5) is 0 Å². The molecule has 0 N–H and O–H groups in total. The molecule has 0 saturated carbocycles. The van der Waals surface area contributed by atoms with Crippen LogP contribution in [0, 0.1) is 13.8 Å². The molecule has 0 bridgehead atoms. The first-order valence-electron chi connectivity index (χ1n) is 9.75. The summed E-state index contributed by atoms with van der Waals surface area (Å²) in [5.74, 6) is -0.252. The fourth-order valence-corrected chi connectivity index (χ4v) is 3.53. The van der Waals surface area contributed by atoms with Crippen LogP contribution in [0.2, 0.25) is 0 Å². The second-order valence-electron chi connectivity index (χ2n) is 6.77. The molecule has 0 fully saturated rings. The van der Waals surface area contributed by atoms with Crippen molar-refractivity contribution in [3.8, 4) is 11.5 Å². The van der Waals surface area contributed by atoms with E-state index in [1.807, 2.05) is 44.2 Å². The molecule has 154 valence electrons. The summed E-state index contributed by atoms with van der Waals surface area (Å²) in [7, 11) is 0. The van der Waals surface area contributed by atoms with Gasteiger partial charge in [0.2, 0.25) is 0 Å². The van der Waals surface area contributed by atoms with Crippen LogP contribution < -0.4 is 5.56 Å². The highest BCUT2D eigenvalue weighted by molar-refractivity contribution is 5.94. The lowest BCUT2D eigenvalue weighted by Crippen LogP contribution is -2.25. The summed E-state index contributed by atoms with van der Waals surface area (Å²) in [5.41, 5.74) is 2.66. The molecule has 3 heterocycles. The van der Waals surface area contributed by atoms with Gasteiger partial charge >= 0.3 is 5.97 Å². The topological polar surface area (TPSA) is 96.8 Å². The summed E-state index contributed by atoms with van der Waals surface area (Å²) in [6.07, 6.45) is 1.41. The van der Waals surface area contributed by atoms with E-state index >= 15 is 0 Å². The number of hydrogen-bond acceptors (Lipinski definition) is 6. The van der Waals surface area contributed by atoms with Crippen LogP contribution in [-0.4, -0.2) is 41.7 Å². The van der Waals surface area contributed by atoms with E-state index in [4.69, 9.17) is 4.74 Å². The molecule has 9 nitrogen and oxygen atoms in total. The number of carbonyl (C=O) groups excluding carboxylic acids is 1. The maximum absolute atomic E-state index is 13.5. The van der Waals surface area contributed by atoms with Crippen LogP contribution >= 0.6 is 0 Å². The molecule has 0 saturated heterocycles. The van der Waals surface area contributed by atoms with E-state index in [0.29, 0.717) is 34.7 Å². The number of rotatable bonds is 5. The van der Waals surface area contributed by atoms with Crippen LogP contribution in [-0.2, 0) is 11.3 Å². The summed E-state index contributed by atoms with van der Waals surface area (Å²) >= 11 is 0. The Hall–Kier alpha value is -3.75. The highest BCUT2D eigenvalue weighted by Crippen LogP contribution is 2.23. The van der Waals surface area contributed by atoms with E-state index in [0.717, 1.165) is 0 Å². The zero-order valence-electron chi connectivity index (χ0n) is 17.3. The summed E-state index contributed by atoms with van der Waals surface area (Å²) in [6, 6.07) is 9.30. The van der Waals surface area contributed by atoms with E-state index < -0.39 is 5.97 Å². The van der Waals surface area contributed by atoms with Crippen LogP contribution in [0.25, 0.3) is 22.5 Å². The minimum absolute atomic E-state index is 0.211. The van der Waals surface area contributed by atoms with E-state index in [2.05, 4.69) is 15.2 Å². The van der Waals surface area contributed by atoms with Gasteiger partial charge in [-0.05, 0) is 39.8 Å².